The molecule has 0 aromatic rings. The maximum Gasteiger partial charge on any atom is 0.237 e. The fraction of sp³-hybridized carbons (Fsp3) is 0.938. The molecule has 0 aromatic heterocycles. The van der Waals surface area contributed by atoms with Crippen LogP contribution in [-0.2, 0) is 4.79 Å². The number of carbonyl (C=O) groups is 1. The van der Waals surface area contributed by atoms with Crippen LogP contribution in [0.2, 0.25) is 0 Å². The summed E-state index contributed by atoms with van der Waals surface area (Å²) in [7, 11) is 2.24. The monoisotopic (exact) mass is 283 g/mol. The van der Waals surface area contributed by atoms with Gasteiger partial charge in [0, 0.05) is 6.04 Å². The predicted octanol–water partition coefficient (Wildman–Crippen LogP) is 2.27. The minimum Gasteiger partial charge on any atom is -0.368 e. The minimum absolute atomic E-state index is 0.236. The molecule has 118 valence electrons. The first-order valence-corrected chi connectivity index (χ1v) is 8.25. The molecule has 1 aliphatic rings. The SMILES string of the molecule is CCNC(C)(CCCCN(C)C1CCCCC1)C(N)=O. The van der Waals surface area contributed by atoms with E-state index >= 15 is 0 Å². The molecule has 1 unspecified atom stereocenters. The zero-order valence-corrected chi connectivity index (χ0v) is 13.6. The van der Waals surface area contributed by atoms with Crippen molar-refractivity contribution in [2.75, 3.05) is 20.1 Å². The number of nitrogens with two attached hydrogens (primary N) is 1. The van der Waals surface area contributed by atoms with E-state index in [9.17, 15) is 4.79 Å². The lowest BCUT2D eigenvalue weighted by molar-refractivity contribution is -0.124. The molecule has 0 radical (unpaired) electrons. The Morgan fingerprint density at radius 2 is 1.95 bits per heavy atom. The highest BCUT2D eigenvalue weighted by Gasteiger charge is 2.29. The maximum atomic E-state index is 11.5. The number of amides is 1. The number of hydrogen-bond acceptors (Lipinski definition) is 3. The molecule has 0 saturated heterocycles. The van der Waals surface area contributed by atoms with Gasteiger partial charge >= 0.3 is 0 Å². The second kappa shape index (κ2) is 8.63. The molecule has 1 atom stereocenters. The number of rotatable bonds is 9. The van der Waals surface area contributed by atoms with Crippen LogP contribution < -0.4 is 11.1 Å². The molecule has 4 nitrogen and oxygen atoms in total. The Labute approximate surface area is 124 Å². The highest BCUT2D eigenvalue weighted by molar-refractivity contribution is 5.84. The number of primary amides is 1. The van der Waals surface area contributed by atoms with Crippen LogP contribution in [0.4, 0.5) is 0 Å². The van der Waals surface area contributed by atoms with Gasteiger partial charge in [0.15, 0.2) is 0 Å². The van der Waals surface area contributed by atoms with E-state index in [1.165, 1.54) is 32.1 Å². The summed E-state index contributed by atoms with van der Waals surface area (Å²) in [5.41, 5.74) is 4.96. The van der Waals surface area contributed by atoms with Crippen LogP contribution in [0.3, 0.4) is 0 Å². The highest BCUT2D eigenvalue weighted by Crippen LogP contribution is 2.22. The van der Waals surface area contributed by atoms with Gasteiger partial charge in [-0.2, -0.15) is 0 Å². The summed E-state index contributed by atoms with van der Waals surface area (Å²) in [6, 6.07) is 0.778. The molecule has 0 aliphatic heterocycles. The summed E-state index contributed by atoms with van der Waals surface area (Å²) >= 11 is 0. The molecule has 3 N–H and O–H groups in total. The van der Waals surface area contributed by atoms with Crippen LogP contribution in [0.15, 0.2) is 0 Å². The summed E-state index contributed by atoms with van der Waals surface area (Å²) in [5, 5.41) is 3.22. The first-order chi connectivity index (χ1) is 9.49. The summed E-state index contributed by atoms with van der Waals surface area (Å²) < 4.78 is 0. The Morgan fingerprint density at radius 3 is 2.50 bits per heavy atom. The maximum absolute atomic E-state index is 11.5. The molecule has 20 heavy (non-hydrogen) atoms. The van der Waals surface area contributed by atoms with E-state index in [-0.39, 0.29) is 5.91 Å². The molecule has 0 heterocycles. The fourth-order valence-electron chi connectivity index (χ4n) is 3.23. The normalized spacial score (nSPS) is 20.0. The average molecular weight is 283 g/mol. The van der Waals surface area contributed by atoms with Crippen molar-refractivity contribution in [2.45, 2.75) is 76.8 Å². The van der Waals surface area contributed by atoms with E-state index < -0.39 is 5.54 Å². The third-order valence-corrected chi connectivity index (χ3v) is 4.75. The highest BCUT2D eigenvalue weighted by atomic mass is 16.1. The quantitative estimate of drug-likeness (QED) is 0.638. The fourth-order valence-corrected chi connectivity index (χ4v) is 3.23. The van der Waals surface area contributed by atoms with Crippen LogP contribution in [0, 0.1) is 0 Å². The molecule has 0 aromatic carbocycles. The summed E-state index contributed by atoms with van der Waals surface area (Å²) in [6.07, 6.45) is 9.90. The smallest absolute Gasteiger partial charge is 0.237 e. The predicted molar refractivity (Wildman–Crippen MR) is 84.6 cm³/mol. The van der Waals surface area contributed by atoms with Crippen molar-refractivity contribution < 1.29 is 4.79 Å². The van der Waals surface area contributed by atoms with Gasteiger partial charge in [-0.1, -0.05) is 26.2 Å². The van der Waals surface area contributed by atoms with Gasteiger partial charge in [-0.15, -0.1) is 0 Å². The molecule has 1 saturated carbocycles. The summed E-state index contributed by atoms with van der Waals surface area (Å²) in [6.45, 7) is 5.84. The molecule has 0 bridgehead atoms. The number of carbonyl (C=O) groups excluding carboxylic acids is 1. The van der Waals surface area contributed by atoms with Gasteiger partial charge < -0.3 is 16.0 Å². The third kappa shape index (κ3) is 5.41. The van der Waals surface area contributed by atoms with Crippen LogP contribution in [0.25, 0.3) is 0 Å². The van der Waals surface area contributed by atoms with Crippen molar-refractivity contribution in [3.05, 3.63) is 0 Å². The van der Waals surface area contributed by atoms with E-state index in [0.717, 1.165) is 38.4 Å². The number of nitrogens with zero attached hydrogens (tertiary/aromatic N) is 1. The van der Waals surface area contributed by atoms with Gasteiger partial charge in [-0.05, 0) is 59.2 Å². The van der Waals surface area contributed by atoms with Crippen molar-refractivity contribution in [1.29, 1.82) is 0 Å². The van der Waals surface area contributed by atoms with Crippen molar-refractivity contribution >= 4 is 5.91 Å². The Kier molecular flexibility index (Phi) is 7.52. The van der Waals surface area contributed by atoms with Gasteiger partial charge in [0.1, 0.15) is 0 Å². The molecule has 1 fully saturated rings. The summed E-state index contributed by atoms with van der Waals surface area (Å²) in [4.78, 5) is 14.0. The molecular weight excluding hydrogens is 250 g/mol. The molecule has 1 aliphatic carbocycles. The second-order valence-corrected chi connectivity index (χ2v) is 6.46. The van der Waals surface area contributed by atoms with Gasteiger partial charge in [0.2, 0.25) is 5.91 Å². The Hall–Kier alpha value is -0.610. The second-order valence-electron chi connectivity index (χ2n) is 6.46. The number of hydrogen-bond donors (Lipinski definition) is 2. The van der Waals surface area contributed by atoms with Gasteiger partial charge in [0.05, 0.1) is 5.54 Å². The summed E-state index contributed by atoms with van der Waals surface area (Å²) in [5.74, 6) is -0.236. The standard InChI is InChI=1S/C16H33N3O/c1-4-18-16(2,15(17)20)12-8-9-13-19(3)14-10-6-5-7-11-14/h14,18H,4-13H2,1-3H3,(H2,17,20). The first-order valence-electron chi connectivity index (χ1n) is 8.25. The largest absolute Gasteiger partial charge is 0.368 e. The van der Waals surface area contributed by atoms with Crippen molar-refractivity contribution in [3.63, 3.8) is 0 Å². The minimum atomic E-state index is -0.543. The average Bonchev–Trinajstić information content (AvgIpc) is 2.44. The van der Waals surface area contributed by atoms with Crippen LogP contribution in [-0.4, -0.2) is 42.5 Å². The van der Waals surface area contributed by atoms with E-state index in [4.69, 9.17) is 5.73 Å². The molecular formula is C16H33N3O. The zero-order valence-electron chi connectivity index (χ0n) is 13.6. The topological polar surface area (TPSA) is 58.4 Å². The molecule has 0 spiro atoms. The van der Waals surface area contributed by atoms with Crippen molar-refractivity contribution in [3.8, 4) is 0 Å². The van der Waals surface area contributed by atoms with Crippen molar-refractivity contribution in [2.24, 2.45) is 5.73 Å². The molecule has 1 amide bonds. The van der Waals surface area contributed by atoms with Gasteiger partial charge in [0.25, 0.3) is 0 Å². The number of unbranched alkanes of at least 4 members (excludes halogenated alkanes) is 1. The lowest BCUT2D eigenvalue weighted by atomic mass is 9.92. The Bertz CT molecular complexity index is 289. The van der Waals surface area contributed by atoms with Crippen LogP contribution in [0.1, 0.15) is 65.2 Å². The molecule has 4 heteroatoms. The van der Waals surface area contributed by atoms with E-state index in [2.05, 4.69) is 17.3 Å². The first kappa shape index (κ1) is 17.4. The Balaban J connectivity index is 2.24. The lowest BCUT2D eigenvalue weighted by Gasteiger charge is -2.32. The Morgan fingerprint density at radius 1 is 1.30 bits per heavy atom. The third-order valence-electron chi connectivity index (χ3n) is 4.75. The lowest BCUT2D eigenvalue weighted by Crippen LogP contribution is -2.53. The van der Waals surface area contributed by atoms with E-state index in [1.807, 2.05) is 13.8 Å². The number of nitrogens with one attached hydrogen (secondary N) is 1. The zero-order chi connectivity index (χ0) is 15.0. The van der Waals surface area contributed by atoms with Crippen molar-refractivity contribution in [1.82, 2.24) is 10.2 Å². The van der Waals surface area contributed by atoms with E-state index in [1.54, 1.807) is 0 Å². The van der Waals surface area contributed by atoms with Gasteiger partial charge in [-0.3, -0.25) is 4.79 Å². The van der Waals surface area contributed by atoms with Crippen LogP contribution >= 0.6 is 0 Å². The van der Waals surface area contributed by atoms with E-state index in [0.29, 0.717) is 0 Å². The number of likely N-dealkylation sites (N-methyl/N-ethyl adjacent to an activating group) is 1. The van der Waals surface area contributed by atoms with Gasteiger partial charge in [-0.25, -0.2) is 0 Å². The molecule has 1 rings (SSSR count). The van der Waals surface area contributed by atoms with Crippen LogP contribution in [0.5, 0.6) is 0 Å².